The third-order valence-electron chi connectivity index (χ3n) is 4.25. The molecule has 0 radical (unpaired) electrons. The normalized spacial score (nSPS) is 12.2. The van der Waals surface area contributed by atoms with Crippen molar-refractivity contribution in [3.63, 3.8) is 0 Å². The fraction of sp³-hybridized carbons (Fsp3) is 0.150. The molecule has 6 heteroatoms. The number of aromatic nitrogens is 3. The Morgan fingerprint density at radius 1 is 1.00 bits per heavy atom. The van der Waals surface area contributed by atoms with Crippen LogP contribution in [0.1, 0.15) is 5.56 Å². The van der Waals surface area contributed by atoms with Gasteiger partial charge in [0, 0.05) is 35.9 Å². The van der Waals surface area contributed by atoms with Gasteiger partial charge in [0.1, 0.15) is 5.01 Å². The van der Waals surface area contributed by atoms with E-state index in [9.17, 15) is 0 Å². The standard InChI is InChI=1S/C20H19N5S/c21-12-18(10-14-4-2-1-3-5-14)23-20-25-24-19(26-20)16-6-7-17-13-22-9-8-15(17)11-16/h1-9,11,13,18H,10,12,21H2,(H,23,25). The first-order valence-corrected chi connectivity index (χ1v) is 9.31. The van der Waals surface area contributed by atoms with Crippen molar-refractivity contribution >= 4 is 27.2 Å². The molecule has 0 saturated carbocycles. The molecule has 4 aromatic rings. The Morgan fingerprint density at radius 2 is 1.88 bits per heavy atom. The molecule has 1 unspecified atom stereocenters. The van der Waals surface area contributed by atoms with Gasteiger partial charge in [-0.2, -0.15) is 0 Å². The average molecular weight is 361 g/mol. The van der Waals surface area contributed by atoms with Crippen LogP contribution in [0, 0.1) is 0 Å². The number of rotatable bonds is 6. The highest BCUT2D eigenvalue weighted by Crippen LogP contribution is 2.29. The molecule has 2 aromatic carbocycles. The minimum absolute atomic E-state index is 0.126. The summed E-state index contributed by atoms with van der Waals surface area (Å²) in [5, 5.41) is 16.0. The minimum atomic E-state index is 0.126. The number of nitrogens with one attached hydrogen (secondary N) is 1. The molecule has 0 bridgehead atoms. The second-order valence-electron chi connectivity index (χ2n) is 6.12. The van der Waals surface area contributed by atoms with Crippen LogP contribution in [-0.4, -0.2) is 27.8 Å². The molecule has 0 aliphatic rings. The van der Waals surface area contributed by atoms with E-state index in [4.69, 9.17) is 5.73 Å². The Balaban J connectivity index is 1.51. The zero-order valence-electron chi connectivity index (χ0n) is 14.2. The van der Waals surface area contributed by atoms with E-state index in [1.807, 2.05) is 30.5 Å². The first-order chi connectivity index (χ1) is 12.8. The summed E-state index contributed by atoms with van der Waals surface area (Å²) in [6.45, 7) is 0.535. The van der Waals surface area contributed by atoms with E-state index >= 15 is 0 Å². The van der Waals surface area contributed by atoms with Gasteiger partial charge in [0.15, 0.2) is 0 Å². The summed E-state index contributed by atoms with van der Waals surface area (Å²) in [6, 6.07) is 18.7. The summed E-state index contributed by atoms with van der Waals surface area (Å²) in [5.74, 6) is 0. The average Bonchev–Trinajstić information content (AvgIpc) is 3.16. The molecule has 0 aliphatic carbocycles. The van der Waals surface area contributed by atoms with Gasteiger partial charge in [0.2, 0.25) is 5.13 Å². The summed E-state index contributed by atoms with van der Waals surface area (Å²) in [4.78, 5) is 4.15. The molecule has 0 fully saturated rings. The van der Waals surface area contributed by atoms with Crippen molar-refractivity contribution in [2.24, 2.45) is 5.73 Å². The van der Waals surface area contributed by atoms with Gasteiger partial charge in [-0.15, -0.1) is 10.2 Å². The first-order valence-electron chi connectivity index (χ1n) is 8.50. The lowest BCUT2D eigenvalue weighted by Gasteiger charge is -2.15. The van der Waals surface area contributed by atoms with Crippen molar-refractivity contribution in [2.45, 2.75) is 12.5 Å². The molecule has 0 spiro atoms. The maximum absolute atomic E-state index is 5.94. The zero-order valence-corrected chi connectivity index (χ0v) is 15.0. The highest BCUT2D eigenvalue weighted by atomic mass is 32.1. The first kappa shape index (κ1) is 16.6. The quantitative estimate of drug-likeness (QED) is 0.547. The largest absolute Gasteiger partial charge is 0.356 e. The molecule has 3 N–H and O–H groups in total. The molecular formula is C20H19N5S. The monoisotopic (exact) mass is 361 g/mol. The number of nitrogens with two attached hydrogens (primary N) is 1. The molecule has 5 nitrogen and oxygen atoms in total. The molecule has 1 atom stereocenters. The van der Waals surface area contributed by atoms with E-state index < -0.39 is 0 Å². The van der Waals surface area contributed by atoms with Gasteiger partial charge in [0.25, 0.3) is 0 Å². The van der Waals surface area contributed by atoms with Crippen molar-refractivity contribution in [3.8, 4) is 10.6 Å². The summed E-state index contributed by atoms with van der Waals surface area (Å²) in [5.41, 5.74) is 8.25. The maximum Gasteiger partial charge on any atom is 0.206 e. The molecule has 26 heavy (non-hydrogen) atoms. The van der Waals surface area contributed by atoms with Crippen LogP contribution in [0.3, 0.4) is 0 Å². The molecule has 0 aliphatic heterocycles. The highest BCUT2D eigenvalue weighted by molar-refractivity contribution is 7.18. The van der Waals surface area contributed by atoms with Crippen molar-refractivity contribution in [2.75, 3.05) is 11.9 Å². The lowest BCUT2D eigenvalue weighted by atomic mass is 10.1. The summed E-state index contributed by atoms with van der Waals surface area (Å²) in [6.07, 6.45) is 4.52. The van der Waals surface area contributed by atoms with Crippen LogP contribution in [0.25, 0.3) is 21.3 Å². The van der Waals surface area contributed by atoms with Crippen LogP contribution in [0.5, 0.6) is 0 Å². The van der Waals surface area contributed by atoms with Crippen molar-refractivity contribution in [1.82, 2.24) is 15.2 Å². The van der Waals surface area contributed by atoms with Crippen LogP contribution in [0.15, 0.2) is 67.0 Å². The fourth-order valence-electron chi connectivity index (χ4n) is 2.88. The summed E-state index contributed by atoms with van der Waals surface area (Å²) in [7, 11) is 0. The van der Waals surface area contributed by atoms with E-state index in [1.54, 1.807) is 17.5 Å². The lowest BCUT2D eigenvalue weighted by molar-refractivity contribution is 0.721. The molecular weight excluding hydrogens is 342 g/mol. The number of anilines is 1. The van der Waals surface area contributed by atoms with E-state index in [-0.39, 0.29) is 6.04 Å². The SMILES string of the molecule is NCC(Cc1ccccc1)Nc1nnc(-c2ccc3cnccc3c2)s1. The minimum Gasteiger partial charge on any atom is -0.356 e. The van der Waals surface area contributed by atoms with Gasteiger partial charge in [-0.1, -0.05) is 53.8 Å². The Morgan fingerprint density at radius 3 is 2.73 bits per heavy atom. The van der Waals surface area contributed by atoms with E-state index in [2.05, 4.69) is 50.8 Å². The van der Waals surface area contributed by atoms with Crippen LogP contribution in [0.2, 0.25) is 0 Å². The predicted molar refractivity (Wildman–Crippen MR) is 107 cm³/mol. The molecule has 4 rings (SSSR count). The zero-order chi connectivity index (χ0) is 17.8. The predicted octanol–water partition coefficient (Wildman–Crippen LogP) is 3.74. The number of hydrogen-bond donors (Lipinski definition) is 2. The topological polar surface area (TPSA) is 76.7 Å². The Kier molecular flexibility index (Phi) is 4.86. The molecule has 2 aromatic heterocycles. The number of hydrogen-bond acceptors (Lipinski definition) is 6. The summed E-state index contributed by atoms with van der Waals surface area (Å²) >= 11 is 1.54. The third kappa shape index (κ3) is 3.71. The van der Waals surface area contributed by atoms with Gasteiger partial charge in [-0.05, 0) is 29.5 Å². The van der Waals surface area contributed by atoms with Crippen molar-refractivity contribution in [1.29, 1.82) is 0 Å². The van der Waals surface area contributed by atoms with Crippen LogP contribution >= 0.6 is 11.3 Å². The van der Waals surface area contributed by atoms with Gasteiger partial charge in [0.05, 0.1) is 0 Å². The van der Waals surface area contributed by atoms with Gasteiger partial charge < -0.3 is 11.1 Å². The Labute approximate surface area is 155 Å². The van der Waals surface area contributed by atoms with E-state index in [0.717, 1.165) is 32.9 Å². The smallest absolute Gasteiger partial charge is 0.206 e. The molecule has 0 saturated heterocycles. The highest BCUT2D eigenvalue weighted by Gasteiger charge is 2.12. The van der Waals surface area contributed by atoms with E-state index in [0.29, 0.717) is 6.54 Å². The van der Waals surface area contributed by atoms with Gasteiger partial charge >= 0.3 is 0 Å². The molecule has 2 heterocycles. The van der Waals surface area contributed by atoms with Crippen LogP contribution in [0.4, 0.5) is 5.13 Å². The number of benzene rings is 2. The van der Waals surface area contributed by atoms with Gasteiger partial charge in [-0.3, -0.25) is 4.98 Å². The number of pyridine rings is 1. The van der Waals surface area contributed by atoms with Crippen LogP contribution < -0.4 is 11.1 Å². The second-order valence-corrected chi connectivity index (χ2v) is 7.09. The van der Waals surface area contributed by atoms with Crippen LogP contribution in [-0.2, 0) is 6.42 Å². The third-order valence-corrected chi connectivity index (χ3v) is 5.15. The molecule has 0 amide bonds. The molecule has 130 valence electrons. The van der Waals surface area contributed by atoms with E-state index in [1.165, 1.54) is 5.56 Å². The maximum atomic E-state index is 5.94. The van der Waals surface area contributed by atoms with Gasteiger partial charge in [-0.25, -0.2) is 0 Å². The van der Waals surface area contributed by atoms with Crippen molar-refractivity contribution < 1.29 is 0 Å². The lowest BCUT2D eigenvalue weighted by Crippen LogP contribution is -2.30. The fourth-order valence-corrected chi connectivity index (χ4v) is 3.70. The summed E-state index contributed by atoms with van der Waals surface area (Å²) < 4.78 is 0. The number of fused-ring (bicyclic) bond motifs is 1. The second kappa shape index (κ2) is 7.59. The van der Waals surface area contributed by atoms with Crippen molar-refractivity contribution in [3.05, 3.63) is 72.6 Å². The Bertz CT molecular complexity index is 999. The number of nitrogens with zero attached hydrogens (tertiary/aromatic N) is 3. The Hall–Kier alpha value is -2.83.